The van der Waals surface area contributed by atoms with Crippen LogP contribution in [0.1, 0.15) is 17.2 Å². The van der Waals surface area contributed by atoms with E-state index >= 15 is 0 Å². The number of hydrogen-bond acceptors (Lipinski definition) is 3. The fourth-order valence-electron chi connectivity index (χ4n) is 2.45. The Hall–Kier alpha value is -0.910. The normalized spacial score (nSPS) is 12.7. The lowest BCUT2D eigenvalue weighted by atomic mass is 9.99. The number of halogens is 2. The molecule has 1 unspecified atom stereocenters. The van der Waals surface area contributed by atoms with E-state index in [0.717, 1.165) is 21.5 Å². The number of hydrogen-bond donors (Lipinski definition) is 2. The molecule has 0 fully saturated rings. The summed E-state index contributed by atoms with van der Waals surface area (Å²) in [5, 5.41) is 4.20. The van der Waals surface area contributed by atoms with Crippen LogP contribution in [0.2, 0.25) is 5.02 Å². The first-order chi connectivity index (χ1) is 10.2. The SMILES string of the molecule is NNC(Cc1csc2ccccc12)c1cc(Br)ccc1Cl. The topological polar surface area (TPSA) is 38.0 Å². The van der Waals surface area contributed by atoms with Crippen LogP contribution in [0.4, 0.5) is 0 Å². The minimum atomic E-state index is -0.0204. The summed E-state index contributed by atoms with van der Waals surface area (Å²) in [4.78, 5) is 0. The lowest BCUT2D eigenvalue weighted by Gasteiger charge is -2.18. The van der Waals surface area contributed by atoms with Crippen molar-refractivity contribution in [3.8, 4) is 0 Å². The molecule has 3 rings (SSSR count). The van der Waals surface area contributed by atoms with Gasteiger partial charge in [-0.1, -0.05) is 45.7 Å². The lowest BCUT2D eigenvalue weighted by molar-refractivity contribution is 0.554. The molecule has 5 heteroatoms. The van der Waals surface area contributed by atoms with Crippen molar-refractivity contribution in [3.63, 3.8) is 0 Å². The van der Waals surface area contributed by atoms with Gasteiger partial charge in [-0.05, 0) is 52.6 Å². The molecule has 0 saturated carbocycles. The van der Waals surface area contributed by atoms with Crippen LogP contribution >= 0.6 is 38.9 Å². The maximum atomic E-state index is 6.31. The lowest BCUT2D eigenvalue weighted by Crippen LogP contribution is -2.29. The van der Waals surface area contributed by atoms with Gasteiger partial charge in [0, 0.05) is 14.2 Å². The van der Waals surface area contributed by atoms with Crippen molar-refractivity contribution >= 4 is 49.0 Å². The van der Waals surface area contributed by atoms with Gasteiger partial charge < -0.3 is 0 Å². The molecule has 21 heavy (non-hydrogen) atoms. The summed E-state index contributed by atoms with van der Waals surface area (Å²) in [5.41, 5.74) is 5.18. The molecule has 2 nitrogen and oxygen atoms in total. The maximum absolute atomic E-state index is 6.31. The predicted octanol–water partition coefficient (Wildman–Crippen LogP) is 5.06. The molecular weight excluding hydrogens is 368 g/mol. The van der Waals surface area contributed by atoms with Crippen LogP contribution in [0.25, 0.3) is 10.1 Å². The van der Waals surface area contributed by atoms with Gasteiger partial charge in [0.05, 0.1) is 6.04 Å². The highest BCUT2D eigenvalue weighted by molar-refractivity contribution is 9.10. The van der Waals surface area contributed by atoms with Crippen LogP contribution in [-0.2, 0) is 6.42 Å². The molecule has 1 atom stereocenters. The Labute approximate surface area is 141 Å². The van der Waals surface area contributed by atoms with Gasteiger partial charge in [0.15, 0.2) is 0 Å². The molecule has 0 radical (unpaired) electrons. The number of thiophene rings is 1. The zero-order valence-electron chi connectivity index (χ0n) is 11.1. The van der Waals surface area contributed by atoms with E-state index in [1.807, 2.05) is 18.2 Å². The molecule has 1 heterocycles. The summed E-state index contributed by atoms with van der Waals surface area (Å²) in [6, 6.07) is 14.2. The molecule has 1 aromatic heterocycles. The van der Waals surface area contributed by atoms with Gasteiger partial charge in [-0.25, -0.2) is 0 Å². The highest BCUT2D eigenvalue weighted by Gasteiger charge is 2.16. The molecule has 0 aliphatic heterocycles. The highest BCUT2D eigenvalue weighted by atomic mass is 79.9. The first-order valence-corrected chi connectivity index (χ1v) is 8.60. The zero-order valence-corrected chi connectivity index (χ0v) is 14.3. The first-order valence-electron chi connectivity index (χ1n) is 6.55. The second kappa shape index (κ2) is 6.46. The maximum Gasteiger partial charge on any atom is 0.0515 e. The summed E-state index contributed by atoms with van der Waals surface area (Å²) in [6.45, 7) is 0. The third kappa shape index (κ3) is 3.15. The average Bonchev–Trinajstić information content (AvgIpc) is 2.91. The third-order valence-electron chi connectivity index (χ3n) is 3.52. The van der Waals surface area contributed by atoms with Crippen molar-refractivity contribution in [2.75, 3.05) is 0 Å². The Balaban J connectivity index is 1.96. The third-order valence-corrected chi connectivity index (χ3v) is 5.37. The Morgan fingerprint density at radius 1 is 1.24 bits per heavy atom. The molecule has 0 amide bonds. The summed E-state index contributed by atoms with van der Waals surface area (Å²) in [6.07, 6.45) is 0.802. The molecule has 0 bridgehead atoms. The standard InChI is InChI=1S/C16H14BrClN2S/c17-11-5-6-14(18)13(8-11)15(20-19)7-10-9-21-16-4-2-1-3-12(10)16/h1-6,8-9,15,20H,7,19H2. The van der Waals surface area contributed by atoms with E-state index in [9.17, 15) is 0 Å². The second-order valence-corrected chi connectivity index (χ2v) is 7.08. The van der Waals surface area contributed by atoms with Crippen LogP contribution < -0.4 is 11.3 Å². The Kier molecular flexibility index (Phi) is 4.62. The van der Waals surface area contributed by atoms with Gasteiger partial charge >= 0.3 is 0 Å². The van der Waals surface area contributed by atoms with E-state index in [0.29, 0.717) is 0 Å². The summed E-state index contributed by atoms with van der Waals surface area (Å²) in [7, 11) is 0. The van der Waals surface area contributed by atoms with Crippen LogP contribution in [0.3, 0.4) is 0 Å². The van der Waals surface area contributed by atoms with Crippen LogP contribution in [0.5, 0.6) is 0 Å². The molecule has 0 aliphatic rings. The van der Waals surface area contributed by atoms with E-state index in [-0.39, 0.29) is 6.04 Å². The van der Waals surface area contributed by atoms with Gasteiger partial charge in [0.25, 0.3) is 0 Å². The van der Waals surface area contributed by atoms with Gasteiger partial charge in [-0.2, -0.15) is 0 Å². The number of hydrazine groups is 1. The molecule has 108 valence electrons. The molecule has 2 aromatic carbocycles. The van der Waals surface area contributed by atoms with Gasteiger partial charge in [0.1, 0.15) is 0 Å². The smallest absolute Gasteiger partial charge is 0.0515 e. The fourth-order valence-corrected chi connectivity index (χ4v) is 4.05. The fraction of sp³-hybridized carbons (Fsp3) is 0.125. The summed E-state index contributed by atoms with van der Waals surface area (Å²) < 4.78 is 2.29. The van der Waals surface area contributed by atoms with Gasteiger partial charge in [0.2, 0.25) is 0 Å². The molecular formula is C16H14BrClN2S. The minimum Gasteiger partial charge on any atom is -0.271 e. The van der Waals surface area contributed by atoms with Crippen LogP contribution in [0, 0.1) is 0 Å². The zero-order chi connectivity index (χ0) is 14.8. The van der Waals surface area contributed by atoms with Crippen molar-refractivity contribution in [2.45, 2.75) is 12.5 Å². The molecule has 3 aromatic rings. The van der Waals surface area contributed by atoms with Crippen molar-refractivity contribution < 1.29 is 0 Å². The quantitative estimate of drug-likeness (QED) is 0.489. The predicted molar refractivity (Wildman–Crippen MR) is 94.7 cm³/mol. The summed E-state index contributed by atoms with van der Waals surface area (Å²) in [5.74, 6) is 5.76. The highest BCUT2D eigenvalue weighted by Crippen LogP contribution is 2.32. The Morgan fingerprint density at radius 3 is 2.86 bits per heavy atom. The number of benzene rings is 2. The summed E-state index contributed by atoms with van der Waals surface area (Å²) >= 11 is 11.6. The van der Waals surface area contributed by atoms with Crippen LogP contribution in [-0.4, -0.2) is 0 Å². The number of nitrogens with one attached hydrogen (secondary N) is 1. The van der Waals surface area contributed by atoms with E-state index in [1.54, 1.807) is 11.3 Å². The monoisotopic (exact) mass is 380 g/mol. The Bertz CT molecular complexity index is 772. The number of rotatable bonds is 4. The molecule has 0 aliphatic carbocycles. The van der Waals surface area contributed by atoms with E-state index in [4.69, 9.17) is 17.4 Å². The largest absolute Gasteiger partial charge is 0.271 e. The van der Waals surface area contributed by atoms with Crippen LogP contribution in [0.15, 0.2) is 52.3 Å². The van der Waals surface area contributed by atoms with Crippen molar-refractivity contribution in [2.24, 2.45) is 5.84 Å². The van der Waals surface area contributed by atoms with Crippen molar-refractivity contribution in [1.82, 2.24) is 5.43 Å². The van der Waals surface area contributed by atoms with Gasteiger partial charge in [-0.3, -0.25) is 11.3 Å². The van der Waals surface area contributed by atoms with E-state index < -0.39 is 0 Å². The Morgan fingerprint density at radius 2 is 2.05 bits per heavy atom. The average molecular weight is 382 g/mol. The number of fused-ring (bicyclic) bond motifs is 1. The van der Waals surface area contributed by atoms with Gasteiger partial charge in [-0.15, -0.1) is 11.3 Å². The molecule has 0 saturated heterocycles. The minimum absolute atomic E-state index is 0.0204. The van der Waals surface area contributed by atoms with E-state index in [1.165, 1.54) is 15.6 Å². The molecule has 3 N–H and O–H groups in total. The van der Waals surface area contributed by atoms with Crippen molar-refractivity contribution in [1.29, 1.82) is 0 Å². The van der Waals surface area contributed by atoms with Crippen molar-refractivity contribution in [3.05, 3.63) is 68.5 Å². The first kappa shape index (κ1) is 15.0. The number of nitrogens with two attached hydrogens (primary N) is 1. The second-order valence-electron chi connectivity index (χ2n) is 4.85. The molecule has 0 spiro atoms. The van der Waals surface area contributed by atoms with E-state index in [2.05, 4.69) is 51.0 Å².